The van der Waals surface area contributed by atoms with Crippen LogP contribution in [0.3, 0.4) is 0 Å². The molecule has 6 nitrogen and oxygen atoms in total. The Kier molecular flexibility index (Phi) is 5.15. The molecule has 148 valence electrons. The largest absolute Gasteiger partial charge is 0.351 e. The molecule has 2 heterocycles. The van der Waals surface area contributed by atoms with Crippen LogP contribution in [0.15, 0.2) is 34.9 Å². The van der Waals surface area contributed by atoms with Gasteiger partial charge in [0.1, 0.15) is 0 Å². The molecule has 2 aliphatic rings. The van der Waals surface area contributed by atoms with Crippen molar-refractivity contribution in [2.45, 2.75) is 50.5 Å². The topological polar surface area (TPSA) is 75.4 Å². The van der Waals surface area contributed by atoms with Gasteiger partial charge in [-0.2, -0.15) is 0 Å². The molecule has 0 radical (unpaired) electrons. The van der Waals surface area contributed by atoms with Gasteiger partial charge in [0.05, 0.1) is 11.1 Å². The van der Waals surface area contributed by atoms with Gasteiger partial charge in [-0.25, -0.2) is 0 Å². The minimum absolute atomic E-state index is 0.0328. The molecule has 2 aromatic rings. The number of nitrogens with zero attached hydrogens (tertiary/aromatic N) is 2. The second-order valence-corrected chi connectivity index (χ2v) is 8.25. The predicted molar refractivity (Wildman–Crippen MR) is 105 cm³/mol. The molecule has 2 amide bonds. The first-order chi connectivity index (χ1) is 13.5. The summed E-state index contributed by atoms with van der Waals surface area (Å²) in [5, 5.41) is 7.40. The fraction of sp³-hybridized carbons (Fsp3) is 0.476. The average Bonchev–Trinajstić information content (AvgIpc) is 3.08. The maximum atomic E-state index is 13.3. The highest BCUT2D eigenvalue weighted by molar-refractivity contribution is 6.30. The summed E-state index contributed by atoms with van der Waals surface area (Å²) >= 11 is 6.16. The van der Waals surface area contributed by atoms with E-state index in [4.69, 9.17) is 16.1 Å². The SMILES string of the molecule is Cc1cc(C(=O)NC2CCN(C(=O)C3(c4cccc(Cl)c4)CCC3)CC2)on1. The summed E-state index contributed by atoms with van der Waals surface area (Å²) < 4.78 is 5.02. The van der Waals surface area contributed by atoms with Gasteiger partial charge in [0, 0.05) is 30.2 Å². The van der Waals surface area contributed by atoms with Gasteiger partial charge in [-0.05, 0) is 50.3 Å². The molecule has 7 heteroatoms. The highest BCUT2D eigenvalue weighted by atomic mass is 35.5. The fourth-order valence-corrected chi connectivity index (χ4v) is 4.39. The zero-order chi connectivity index (χ0) is 19.7. The number of amides is 2. The van der Waals surface area contributed by atoms with Crippen molar-refractivity contribution in [1.29, 1.82) is 0 Å². The number of carbonyl (C=O) groups is 2. The lowest BCUT2D eigenvalue weighted by molar-refractivity contribution is -0.142. The van der Waals surface area contributed by atoms with Crippen molar-refractivity contribution in [3.05, 3.63) is 52.4 Å². The van der Waals surface area contributed by atoms with Gasteiger partial charge in [0.2, 0.25) is 11.7 Å². The van der Waals surface area contributed by atoms with Crippen LogP contribution in [-0.4, -0.2) is 41.0 Å². The molecule has 28 heavy (non-hydrogen) atoms. The van der Waals surface area contributed by atoms with Crippen molar-refractivity contribution < 1.29 is 14.1 Å². The summed E-state index contributed by atoms with van der Waals surface area (Å²) in [6.07, 6.45) is 4.26. The minimum atomic E-state index is -0.432. The third kappa shape index (κ3) is 3.53. The Morgan fingerprint density at radius 3 is 2.57 bits per heavy atom. The molecule has 0 bridgehead atoms. The number of nitrogens with one attached hydrogen (secondary N) is 1. The van der Waals surface area contributed by atoms with Crippen molar-refractivity contribution in [3.63, 3.8) is 0 Å². The zero-order valence-electron chi connectivity index (χ0n) is 15.9. The third-order valence-electron chi connectivity index (χ3n) is 5.96. The Bertz CT molecular complexity index is 883. The van der Waals surface area contributed by atoms with Crippen molar-refractivity contribution >= 4 is 23.4 Å². The standard InChI is InChI=1S/C21H24ClN3O3/c1-14-12-18(28-24-14)19(26)23-17-6-10-25(11-7-17)20(27)21(8-3-9-21)15-4-2-5-16(22)13-15/h2,4-5,12-13,17H,3,6-11H2,1H3,(H,23,26). The number of aromatic nitrogens is 1. The second kappa shape index (κ2) is 7.59. The van der Waals surface area contributed by atoms with Crippen LogP contribution >= 0.6 is 11.6 Å². The van der Waals surface area contributed by atoms with Crippen LogP contribution in [0.2, 0.25) is 5.02 Å². The van der Waals surface area contributed by atoms with E-state index in [9.17, 15) is 9.59 Å². The van der Waals surface area contributed by atoms with E-state index in [0.717, 1.165) is 37.7 Å². The van der Waals surface area contributed by atoms with E-state index in [1.54, 1.807) is 13.0 Å². The normalized spacial score (nSPS) is 19.1. The number of piperidine rings is 1. The Balaban J connectivity index is 1.38. The van der Waals surface area contributed by atoms with Gasteiger partial charge in [-0.15, -0.1) is 0 Å². The quantitative estimate of drug-likeness (QED) is 0.851. The van der Waals surface area contributed by atoms with Gasteiger partial charge in [-0.1, -0.05) is 35.3 Å². The Labute approximate surface area is 169 Å². The summed E-state index contributed by atoms with van der Waals surface area (Å²) in [7, 11) is 0. The summed E-state index contributed by atoms with van der Waals surface area (Å²) in [6.45, 7) is 3.06. The van der Waals surface area contributed by atoms with Gasteiger partial charge in [-0.3, -0.25) is 9.59 Å². The zero-order valence-corrected chi connectivity index (χ0v) is 16.7. The minimum Gasteiger partial charge on any atom is -0.351 e. The molecular weight excluding hydrogens is 378 g/mol. The highest BCUT2D eigenvalue weighted by Crippen LogP contribution is 2.46. The highest BCUT2D eigenvalue weighted by Gasteiger charge is 2.48. The monoisotopic (exact) mass is 401 g/mol. The molecule has 1 aliphatic heterocycles. The van der Waals surface area contributed by atoms with Crippen molar-refractivity contribution in [1.82, 2.24) is 15.4 Å². The first-order valence-electron chi connectivity index (χ1n) is 9.77. The van der Waals surface area contributed by atoms with Crippen molar-refractivity contribution in [2.75, 3.05) is 13.1 Å². The number of halogens is 1. The van der Waals surface area contributed by atoms with E-state index < -0.39 is 5.41 Å². The summed E-state index contributed by atoms with van der Waals surface area (Å²) in [5.74, 6) is 0.168. The number of benzene rings is 1. The van der Waals surface area contributed by atoms with E-state index in [0.29, 0.717) is 23.8 Å². The average molecular weight is 402 g/mol. The van der Waals surface area contributed by atoms with Crippen LogP contribution in [0.4, 0.5) is 0 Å². The number of rotatable bonds is 4. The predicted octanol–water partition coefficient (Wildman–Crippen LogP) is 3.48. The van der Waals surface area contributed by atoms with Crippen LogP contribution in [0, 0.1) is 6.92 Å². The smallest absolute Gasteiger partial charge is 0.290 e. The second-order valence-electron chi connectivity index (χ2n) is 7.82. The molecule has 1 saturated carbocycles. The molecule has 0 spiro atoms. The van der Waals surface area contributed by atoms with Crippen molar-refractivity contribution in [2.24, 2.45) is 0 Å². The molecule has 0 atom stereocenters. The Morgan fingerprint density at radius 2 is 2.00 bits per heavy atom. The van der Waals surface area contributed by atoms with E-state index >= 15 is 0 Å². The molecule has 1 saturated heterocycles. The third-order valence-corrected chi connectivity index (χ3v) is 6.20. The number of hydrogen-bond acceptors (Lipinski definition) is 4. The Hall–Kier alpha value is -2.34. The molecule has 1 aromatic heterocycles. The van der Waals surface area contributed by atoms with E-state index in [1.807, 2.05) is 29.2 Å². The van der Waals surface area contributed by atoms with Gasteiger partial charge < -0.3 is 14.7 Å². The lowest BCUT2D eigenvalue weighted by Crippen LogP contribution is -2.55. The van der Waals surface area contributed by atoms with Crippen LogP contribution < -0.4 is 5.32 Å². The summed E-state index contributed by atoms with van der Waals surface area (Å²) in [6, 6.07) is 9.34. The molecule has 1 aromatic carbocycles. The van der Waals surface area contributed by atoms with Gasteiger partial charge in [0.15, 0.2) is 0 Å². The maximum Gasteiger partial charge on any atom is 0.290 e. The molecule has 2 fully saturated rings. The first kappa shape index (κ1) is 19.0. The van der Waals surface area contributed by atoms with E-state index in [-0.39, 0.29) is 23.6 Å². The van der Waals surface area contributed by atoms with E-state index in [2.05, 4.69) is 10.5 Å². The number of likely N-dealkylation sites (tertiary alicyclic amines) is 1. The van der Waals surface area contributed by atoms with E-state index in [1.165, 1.54) is 0 Å². The molecule has 4 rings (SSSR count). The summed E-state index contributed by atoms with van der Waals surface area (Å²) in [4.78, 5) is 27.5. The summed E-state index contributed by atoms with van der Waals surface area (Å²) in [5.41, 5.74) is 1.27. The van der Waals surface area contributed by atoms with Crippen molar-refractivity contribution in [3.8, 4) is 0 Å². The lowest BCUT2D eigenvalue weighted by Gasteiger charge is -2.45. The van der Waals surface area contributed by atoms with Gasteiger partial charge in [0.25, 0.3) is 5.91 Å². The molecular formula is C21H24ClN3O3. The van der Waals surface area contributed by atoms with Crippen LogP contribution in [0.5, 0.6) is 0 Å². The van der Waals surface area contributed by atoms with Gasteiger partial charge >= 0.3 is 0 Å². The molecule has 0 unspecified atom stereocenters. The Morgan fingerprint density at radius 1 is 1.25 bits per heavy atom. The number of aryl methyl sites for hydroxylation is 1. The number of hydrogen-bond donors (Lipinski definition) is 1. The fourth-order valence-electron chi connectivity index (χ4n) is 4.20. The number of carbonyl (C=O) groups excluding carboxylic acids is 2. The van der Waals surface area contributed by atoms with Crippen LogP contribution in [-0.2, 0) is 10.2 Å². The van der Waals surface area contributed by atoms with Crippen LogP contribution in [0.1, 0.15) is 53.9 Å². The maximum absolute atomic E-state index is 13.3. The first-order valence-corrected chi connectivity index (χ1v) is 10.2. The van der Waals surface area contributed by atoms with Crippen LogP contribution in [0.25, 0.3) is 0 Å². The molecule has 1 aliphatic carbocycles. The lowest BCUT2D eigenvalue weighted by atomic mass is 9.63. The molecule has 1 N–H and O–H groups in total.